The first-order valence-electron chi connectivity index (χ1n) is 8.01. The minimum absolute atomic E-state index is 0.00787. The second kappa shape index (κ2) is 9.66. The van der Waals surface area contributed by atoms with E-state index in [0.29, 0.717) is 17.1 Å². The van der Waals surface area contributed by atoms with Crippen molar-refractivity contribution in [3.05, 3.63) is 23.8 Å². The second-order valence-corrected chi connectivity index (χ2v) is 5.97. The Bertz CT molecular complexity index is 626. The molecule has 0 saturated carbocycles. The highest BCUT2D eigenvalue weighted by molar-refractivity contribution is 5.94. The summed E-state index contributed by atoms with van der Waals surface area (Å²) in [6, 6.07) is 4.64. The number of ketones is 1. The summed E-state index contributed by atoms with van der Waals surface area (Å²) in [7, 11) is 1.44. The Balaban J connectivity index is 2.49. The largest absolute Gasteiger partial charge is 0.493 e. The van der Waals surface area contributed by atoms with Crippen LogP contribution in [0.2, 0.25) is 0 Å². The van der Waals surface area contributed by atoms with Gasteiger partial charge in [0.15, 0.2) is 30.5 Å². The van der Waals surface area contributed by atoms with Gasteiger partial charge in [0.2, 0.25) is 0 Å². The van der Waals surface area contributed by atoms with E-state index in [4.69, 9.17) is 14.2 Å². The lowest BCUT2D eigenvalue weighted by atomic mass is 10.1. The maximum Gasteiger partial charge on any atom is 0.344 e. The number of hydrogen-bond acceptors (Lipinski definition) is 6. The molecule has 0 bridgehead atoms. The monoisotopic (exact) mass is 351 g/mol. The van der Waals surface area contributed by atoms with Crippen LogP contribution in [0, 0.1) is 5.92 Å². The van der Waals surface area contributed by atoms with E-state index >= 15 is 0 Å². The molecular weight excluding hydrogens is 326 g/mol. The van der Waals surface area contributed by atoms with E-state index in [1.165, 1.54) is 20.1 Å². The Kier molecular flexibility index (Phi) is 7.91. The van der Waals surface area contributed by atoms with Gasteiger partial charge in [0.1, 0.15) is 0 Å². The average Bonchev–Trinajstić information content (AvgIpc) is 2.57. The number of carbonyl (C=O) groups is 3. The van der Waals surface area contributed by atoms with Crippen molar-refractivity contribution in [1.82, 2.24) is 5.32 Å². The Morgan fingerprint density at radius 3 is 2.32 bits per heavy atom. The van der Waals surface area contributed by atoms with Crippen molar-refractivity contribution in [2.45, 2.75) is 33.7 Å². The zero-order chi connectivity index (χ0) is 19.0. The summed E-state index contributed by atoms with van der Waals surface area (Å²) in [5.41, 5.74) is 0.475. The predicted octanol–water partition coefficient (Wildman–Crippen LogP) is 1.98. The molecule has 0 heterocycles. The zero-order valence-electron chi connectivity index (χ0n) is 15.3. The summed E-state index contributed by atoms with van der Waals surface area (Å²) >= 11 is 0. The van der Waals surface area contributed by atoms with Crippen molar-refractivity contribution in [3.63, 3.8) is 0 Å². The molecule has 7 heteroatoms. The van der Waals surface area contributed by atoms with Crippen molar-refractivity contribution < 1.29 is 28.6 Å². The van der Waals surface area contributed by atoms with Gasteiger partial charge >= 0.3 is 5.97 Å². The molecule has 0 fully saturated rings. The molecule has 1 amide bonds. The Hall–Kier alpha value is -2.57. The number of carbonyl (C=O) groups excluding carboxylic acids is 3. The van der Waals surface area contributed by atoms with Crippen LogP contribution >= 0.6 is 0 Å². The van der Waals surface area contributed by atoms with Gasteiger partial charge in [-0.05, 0) is 38.0 Å². The van der Waals surface area contributed by atoms with Gasteiger partial charge < -0.3 is 19.5 Å². The van der Waals surface area contributed by atoms with E-state index in [1.807, 2.05) is 20.8 Å². The van der Waals surface area contributed by atoms with Crippen molar-refractivity contribution in [2.75, 3.05) is 20.3 Å². The Labute approximate surface area is 147 Å². The smallest absolute Gasteiger partial charge is 0.344 e. The van der Waals surface area contributed by atoms with Crippen molar-refractivity contribution in [3.8, 4) is 11.5 Å². The summed E-state index contributed by atoms with van der Waals surface area (Å²) in [6.07, 6.45) is 0. The van der Waals surface area contributed by atoms with Gasteiger partial charge in [-0.3, -0.25) is 9.59 Å². The molecule has 0 unspecified atom stereocenters. The lowest BCUT2D eigenvalue weighted by molar-refractivity contribution is -0.150. The van der Waals surface area contributed by atoms with Crippen LogP contribution in [0.4, 0.5) is 0 Å². The lowest BCUT2D eigenvalue weighted by Crippen LogP contribution is -2.39. The highest BCUT2D eigenvalue weighted by Crippen LogP contribution is 2.28. The van der Waals surface area contributed by atoms with E-state index in [1.54, 1.807) is 12.1 Å². The molecule has 1 rings (SSSR count). The van der Waals surface area contributed by atoms with Crippen LogP contribution in [0.15, 0.2) is 18.2 Å². The first-order valence-corrected chi connectivity index (χ1v) is 8.01. The molecule has 0 aromatic heterocycles. The number of benzene rings is 1. The second-order valence-electron chi connectivity index (χ2n) is 5.97. The van der Waals surface area contributed by atoms with Gasteiger partial charge in [0.25, 0.3) is 5.91 Å². The number of ether oxygens (including phenoxy) is 3. The van der Waals surface area contributed by atoms with Crippen LogP contribution < -0.4 is 14.8 Å². The quantitative estimate of drug-likeness (QED) is 0.540. The molecule has 25 heavy (non-hydrogen) atoms. The summed E-state index contributed by atoms with van der Waals surface area (Å²) < 4.78 is 15.3. The summed E-state index contributed by atoms with van der Waals surface area (Å²) in [5.74, 6) is -0.214. The maximum atomic E-state index is 11.7. The van der Waals surface area contributed by atoms with Crippen LogP contribution in [0.5, 0.6) is 11.5 Å². The molecule has 0 radical (unpaired) electrons. The van der Waals surface area contributed by atoms with E-state index in [-0.39, 0.29) is 36.9 Å². The van der Waals surface area contributed by atoms with E-state index in [0.717, 1.165) is 0 Å². The molecule has 1 N–H and O–H groups in total. The number of hydrogen-bond donors (Lipinski definition) is 1. The molecule has 0 aliphatic rings. The summed E-state index contributed by atoms with van der Waals surface area (Å²) in [5, 5.41) is 2.73. The first kappa shape index (κ1) is 20.5. The Morgan fingerprint density at radius 1 is 1.08 bits per heavy atom. The van der Waals surface area contributed by atoms with Gasteiger partial charge in [-0.15, -0.1) is 0 Å². The third-order valence-electron chi connectivity index (χ3n) is 3.67. The van der Waals surface area contributed by atoms with Crippen LogP contribution in [0.25, 0.3) is 0 Å². The predicted molar refractivity (Wildman–Crippen MR) is 91.9 cm³/mol. The molecule has 1 aromatic carbocycles. The van der Waals surface area contributed by atoms with Crippen LogP contribution in [0.3, 0.4) is 0 Å². The van der Waals surface area contributed by atoms with E-state index < -0.39 is 5.97 Å². The Morgan fingerprint density at radius 2 is 1.76 bits per heavy atom. The first-order chi connectivity index (χ1) is 11.7. The minimum Gasteiger partial charge on any atom is -0.493 e. The fourth-order valence-corrected chi connectivity index (χ4v) is 1.79. The molecular formula is C18H25NO6. The van der Waals surface area contributed by atoms with Crippen LogP contribution in [-0.2, 0) is 14.3 Å². The van der Waals surface area contributed by atoms with E-state index in [9.17, 15) is 14.4 Å². The van der Waals surface area contributed by atoms with Gasteiger partial charge in [-0.1, -0.05) is 13.8 Å². The molecule has 0 aliphatic heterocycles. The topological polar surface area (TPSA) is 90.9 Å². The standard InChI is InChI=1S/C18H25NO6/c1-11(2)12(3)19-17(21)9-25-18(22)10-24-15-7-6-14(13(4)20)8-16(15)23-5/h6-8,11-12H,9-10H2,1-5H3,(H,19,21)/t12-/m0/s1. The summed E-state index contributed by atoms with van der Waals surface area (Å²) in [4.78, 5) is 34.7. The zero-order valence-corrected chi connectivity index (χ0v) is 15.3. The summed E-state index contributed by atoms with van der Waals surface area (Å²) in [6.45, 7) is 6.55. The fourth-order valence-electron chi connectivity index (χ4n) is 1.79. The number of methoxy groups -OCH3 is 1. The molecule has 7 nitrogen and oxygen atoms in total. The molecule has 0 spiro atoms. The number of esters is 1. The fraction of sp³-hybridized carbons (Fsp3) is 0.500. The van der Waals surface area contributed by atoms with Gasteiger partial charge in [0, 0.05) is 11.6 Å². The number of amides is 1. The number of Topliss-reactive ketones (excluding diaryl/α,β-unsaturated/α-hetero) is 1. The third kappa shape index (κ3) is 6.82. The van der Waals surface area contributed by atoms with Crippen LogP contribution in [0.1, 0.15) is 38.1 Å². The average molecular weight is 351 g/mol. The van der Waals surface area contributed by atoms with Crippen molar-refractivity contribution >= 4 is 17.7 Å². The highest BCUT2D eigenvalue weighted by atomic mass is 16.6. The normalized spacial score (nSPS) is 11.6. The molecule has 138 valence electrons. The van der Waals surface area contributed by atoms with Gasteiger partial charge in [-0.25, -0.2) is 4.79 Å². The van der Waals surface area contributed by atoms with Crippen molar-refractivity contribution in [1.29, 1.82) is 0 Å². The van der Waals surface area contributed by atoms with Crippen molar-refractivity contribution in [2.24, 2.45) is 5.92 Å². The number of nitrogens with one attached hydrogen (secondary N) is 1. The lowest BCUT2D eigenvalue weighted by Gasteiger charge is -2.17. The maximum absolute atomic E-state index is 11.7. The third-order valence-corrected chi connectivity index (χ3v) is 3.67. The molecule has 1 aromatic rings. The van der Waals surface area contributed by atoms with Gasteiger partial charge in [0.05, 0.1) is 7.11 Å². The molecule has 0 saturated heterocycles. The SMILES string of the molecule is COc1cc(C(C)=O)ccc1OCC(=O)OCC(=O)N[C@@H](C)C(C)C. The van der Waals surface area contributed by atoms with E-state index in [2.05, 4.69) is 5.32 Å². The molecule has 1 atom stereocenters. The van der Waals surface area contributed by atoms with Gasteiger partial charge in [-0.2, -0.15) is 0 Å². The highest BCUT2D eigenvalue weighted by Gasteiger charge is 2.14. The number of rotatable bonds is 9. The van der Waals surface area contributed by atoms with Crippen LogP contribution in [-0.4, -0.2) is 44.0 Å². The molecule has 0 aliphatic carbocycles. The minimum atomic E-state index is -0.676.